The maximum atomic E-state index is 12.7. The summed E-state index contributed by atoms with van der Waals surface area (Å²) >= 11 is 0. The first-order chi connectivity index (χ1) is 12.2. The molecule has 2 aromatic rings. The van der Waals surface area contributed by atoms with Crippen molar-refractivity contribution in [2.24, 2.45) is 0 Å². The number of aromatic amines is 1. The van der Waals surface area contributed by atoms with Crippen molar-refractivity contribution in [2.75, 3.05) is 13.7 Å². The van der Waals surface area contributed by atoms with Crippen molar-refractivity contribution in [1.82, 2.24) is 15.2 Å². The number of ether oxygens (including phenoxy) is 1. The molecule has 5 nitrogen and oxygen atoms in total. The summed E-state index contributed by atoms with van der Waals surface area (Å²) in [5.41, 5.74) is 2.86. The number of H-pyrrole nitrogens is 1. The van der Waals surface area contributed by atoms with Gasteiger partial charge in [-0.2, -0.15) is 0 Å². The quantitative estimate of drug-likeness (QED) is 0.880. The van der Waals surface area contributed by atoms with Crippen molar-refractivity contribution in [1.29, 1.82) is 0 Å². The first-order valence-electron chi connectivity index (χ1n) is 9.02. The largest absolute Gasteiger partial charge is 0.497 e. The average Bonchev–Trinajstić information content (AvgIpc) is 3.25. The van der Waals surface area contributed by atoms with Crippen LogP contribution in [-0.2, 0) is 0 Å². The van der Waals surface area contributed by atoms with Gasteiger partial charge in [0.1, 0.15) is 5.75 Å². The topological polar surface area (TPSA) is 57.4 Å². The molecule has 1 saturated carbocycles. The Kier molecular flexibility index (Phi) is 4.25. The molecule has 0 bridgehead atoms. The third-order valence-electron chi connectivity index (χ3n) is 5.40. The molecular formula is C20H25N3O2. The van der Waals surface area contributed by atoms with Gasteiger partial charge in [-0.25, -0.2) is 0 Å². The van der Waals surface area contributed by atoms with Gasteiger partial charge in [0.25, 0.3) is 5.91 Å². The van der Waals surface area contributed by atoms with Crippen LogP contribution >= 0.6 is 0 Å². The van der Waals surface area contributed by atoms with Gasteiger partial charge in [0, 0.05) is 24.5 Å². The number of carbonyl (C=O) groups is 1. The highest BCUT2D eigenvalue weighted by Gasteiger charge is 2.43. The van der Waals surface area contributed by atoms with E-state index >= 15 is 0 Å². The Bertz CT molecular complexity index is 766. The van der Waals surface area contributed by atoms with E-state index in [1.54, 1.807) is 7.11 Å². The van der Waals surface area contributed by atoms with Gasteiger partial charge in [-0.3, -0.25) is 9.69 Å². The minimum atomic E-state index is 0.00860. The molecule has 1 aliphatic carbocycles. The van der Waals surface area contributed by atoms with Crippen LogP contribution in [-0.4, -0.2) is 41.5 Å². The van der Waals surface area contributed by atoms with Gasteiger partial charge >= 0.3 is 0 Å². The summed E-state index contributed by atoms with van der Waals surface area (Å²) < 4.78 is 5.41. The molecule has 2 heterocycles. The van der Waals surface area contributed by atoms with Gasteiger partial charge in [-0.1, -0.05) is 12.1 Å². The van der Waals surface area contributed by atoms with Gasteiger partial charge in [-0.15, -0.1) is 0 Å². The molecule has 1 aromatic heterocycles. The number of methoxy groups -OCH3 is 1. The number of likely N-dealkylation sites (tertiary alicyclic amines) is 1. The van der Waals surface area contributed by atoms with Crippen LogP contribution < -0.4 is 10.1 Å². The Morgan fingerprint density at radius 2 is 2.12 bits per heavy atom. The molecule has 1 amide bonds. The Labute approximate surface area is 148 Å². The van der Waals surface area contributed by atoms with Crippen molar-refractivity contribution >= 4 is 5.91 Å². The minimum absolute atomic E-state index is 0.00860. The fourth-order valence-electron chi connectivity index (χ4n) is 3.98. The van der Waals surface area contributed by atoms with Crippen molar-refractivity contribution in [3.05, 3.63) is 53.3 Å². The second kappa shape index (κ2) is 6.56. The standard InChI is InChI=1S/C20H25N3O2/c1-13-17(8-10-21-13)20(24)22-18-9-11-23(15-6-7-15)19(18)14-4-3-5-16(12-14)25-2/h3-5,8,10,12,15,18-19,21H,6-7,9,11H2,1-2H3,(H,22,24)/t18-,19+/m0/s1. The number of aryl methyl sites for hydroxylation is 1. The third-order valence-corrected chi connectivity index (χ3v) is 5.40. The number of rotatable bonds is 5. The van der Waals surface area contributed by atoms with Crippen LogP contribution in [0.1, 0.15) is 46.9 Å². The van der Waals surface area contributed by atoms with Gasteiger partial charge in [0.15, 0.2) is 0 Å². The summed E-state index contributed by atoms with van der Waals surface area (Å²) in [7, 11) is 1.69. The summed E-state index contributed by atoms with van der Waals surface area (Å²) in [6.45, 7) is 2.96. The maximum absolute atomic E-state index is 12.7. The van der Waals surface area contributed by atoms with E-state index in [1.165, 1.54) is 18.4 Å². The molecule has 25 heavy (non-hydrogen) atoms. The normalized spacial score (nSPS) is 23.6. The molecule has 2 atom stereocenters. The third kappa shape index (κ3) is 3.16. The molecule has 1 aliphatic heterocycles. The fourth-order valence-corrected chi connectivity index (χ4v) is 3.98. The number of amides is 1. The minimum Gasteiger partial charge on any atom is -0.497 e. The Morgan fingerprint density at radius 3 is 2.80 bits per heavy atom. The summed E-state index contributed by atoms with van der Waals surface area (Å²) in [6.07, 6.45) is 5.32. The molecular weight excluding hydrogens is 314 g/mol. The zero-order valence-electron chi connectivity index (χ0n) is 14.8. The molecule has 132 valence electrons. The zero-order valence-corrected chi connectivity index (χ0v) is 14.8. The van der Waals surface area contributed by atoms with E-state index in [1.807, 2.05) is 31.3 Å². The highest BCUT2D eigenvalue weighted by atomic mass is 16.5. The lowest BCUT2D eigenvalue weighted by molar-refractivity contribution is 0.0923. The number of benzene rings is 1. The van der Waals surface area contributed by atoms with Crippen molar-refractivity contribution in [3.63, 3.8) is 0 Å². The second-order valence-corrected chi connectivity index (χ2v) is 7.08. The number of nitrogens with one attached hydrogen (secondary N) is 2. The Hall–Kier alpha value is -2.27. The van der Waals surface area contributed by atoms with Gasteiger partial charge in [0.05, 0.1) is 24.8 Å². The van der Waals surface area contributed by atoms with Crippen LogP contribution in [0.3, 0.4) is 0 Å². The van der Waals surface area contributed by atoms with Crippen LogP contribution in [0.15, 0.2) is 36.5 Å². The lowest BCUT2D eigenvalue weighted by Crippen LogP contribution is -2.40. The molecule has 2 N–H and O–H groups in total. The van der Waals surface area contributed by atoms with E-state index in [4.69, 9.17) is 4.74 Å². The van der Waals surface area contributed by atoms with Gasteiger partial charge < -0.3 is 15.0 Å². The average molecular weight is 339 g/mol. The molecule has 1 aromatic carbocycles. The highest BCUT2D eigenvalue weighted by molar-refractivity contribution is 5.95. The van der Waals surface area contributed by atoms with E-state index < -0.39 is 0 Å². The maximum Gasteiger partial charge on any atom is 0.253 e. The van der Waals surface area contributed by atoms with E-state index in [2.05, 4.69) is 27.3 Å². The fraction of sp³-hybridized carbons (Fsp3) is 0.450. The van der Waals surface area contributed by atoms with Crippen molar-refractivity contribution < 1.29 is 9.53 Å². The van der Waals surface area contributed by atoms with Crippen LogP contribution in [0.4, 0.5) is 0 Å². The predicted octanol–water partition coefficient (Wildman–Crippen LogP) is 3.04. The van der Waals surface area contributed by atoms with E-state index in [0.29, 0.717) is 6.04 Å². The van der Waals surface area contributed by atoms with E-state index in [9.17, 15) is 4.79 Å². The Morgan fingerprint density at radius 1 is 1.28 bits per heavy atom. The summed E-state index contributed by atoms with van der Waals surface area (Å²) in [5, 5.41) is 3.28. The lowest BCUT2D eigenvalue weighted by atomic mass is 9.99. The second-order valence-electron chi connectivity index (χ2n) is 7.08. The summed E-state index contributed by atoms with van der Waals surface area (Å²) in [5.74, 6) is 0.876. The van der Waals surface area contributed by atoms with Crippen LogP contribution in [0, 0.1) is 6.92 Å². The van der Waals surface area contributed by atoms with E-state index in [0.717, 1.165) is 30.0 Å². The van der Waals surface area contributed by atoms with Crippen LogP contribution in [0.2, 0.25) is 0 Å². The molecule has 1 saturated heterocycles. The first-order valence-corrected chi connectivity index (χ1v) is 9.02. The van der Waals surface area contributed by atoms with E-state index in [-0.39, 0.29) is 18.0 Å². The SMILES string of the molecule is COc1cccc([C@@H]2[C@@H](NC(=O)c3cc[nH]c3C)CCN2C2CC2)c1. The molecule has 0 radical (unpaired) electrons. The molecule has 2 aliphatic rings. The molecule has 5 heteroatoms. The van der Waals surface area contributed by atoms with Crippen molar-refractivity contribution in [2.45, 2.75) is 44.3 Å². The molecule has 0 spiro atoms. The smallest absolute Gasteiger partial charge is 0.253 e. The van der Waals surface area contributed by atoms with Gasteiger partial charge in [0.2, 0.25) is 0 Å². The Balaban J connectivity index is 1.59. The van der Waals surface area contributed by atoms with Gasteiger partial charge in [-0.05, 0) is 49.9 Å². The monoisotopic (exact) mass is 339 g/mol. The zero-order chi connectivity index (χ0) is 17.4. The first kappa shape index (κ1) is 16.2. The molecule has 4 rings (SSSR count). The number of nitrogens with zero attached hydrogens (tertiary/aromatic N) is 1. The molecule has 2 fully saturated rings. The van der Waals surface area contributed by atoms with Crippen LogP contribution in [0.5, 0.6) is 5.75 Å². The summed E-state index contributed by atoms with van der Waals surface area (Å²) in [6, 6.07) is 11.1. The van der Waals surface area contributed by atoms with Crippen molar-refractivity contribution in [3.8, 4) is 5.75 Å². The predicted molar refractivity (Wildman–Crippen MR) is 96.9 cm³/mol. The number of carbonyl (C=O) groups excluding carboxylic acids is 1. The number of hydrogen-bond acceptors (Lipinski definition) is 3. The highest BCUT2D eigenvalue weighted by Crippen LogP contribution is 2.41. The number of aromatic nitrogens is 1. The number of hydrogen-bond donors (Lipinski definition) is 2. The molecule has 0 unspecified atom stereocenters. The summed E-state index contributed by atoms with van der Waals surface area (Å²) in [4.78, 5) is 18.3. The lowest BCUT2D eigenvalue weighted by Gasteiger charge is -2.29. The van der Waals surface area contributed by atoms with Crippen LogP contribution in [0.25, 0.3) is 0 Å².